The van der Waals surface area contributed by atoms with Crippen LogP contribution in [0.2, 0.25) is 5.02 Å². The highest BCUT2D eigenvalue weighted by Crippen LogP contribution is 2.37. The molecule has 2 aromatic rings. The molecule has 26 heavy (non-hydrogen) atoms. The number of nitrogens with one attached hydrogen (secondary N) is 1. The van der Waals surface area contributed by atoms with Crippen LogP contribution in [0.3, 0.4) is 0 Å². The molecule has 1 unspecified atom stereocenters. The third kappa shape index (κ3) is 2.91. The largest absolute Gasteiger partial charge is 0.326 e. The van der Waals surface area contributed by atoms with E-state index in [1.807, 2.05) is 29.2 Å². The highest BCUT2D eigenvalue weighted by atomic mass is 35.5. The number of carbonyl (C=O) groups excluding carboxylic acids is 2. The first kappa shape index (κ1) is 16.6. The van der Waals surface area contributed by atoms with E-state index >= 15 is 0 Å². The number of rotatable bonds is 3. The first-order chi connectivity index (χ1) is 12.5. The van der Waals surface area contributed by atoms with E-state index in [-0.39, 0.29) is 18.2 Å². The lowest BCUT2D eigenvalue weighted by atomic mass is 10.0. The molecule has 2 amide bonds. The van der Waals surface area contributed by atoms with Gasteiger partial charge in [0.25, 0.3) is 5.91 Å². The second-order valence-electron chi connectivity index (χ2n) is 6.18. The molecule has 3 N–H and O–H groups in total. The van der Waals surface area contributed by atoms with Crippen molar-refractivity contribution in [3.63, 3.8) is 0 Å². The van der Waals surface area contributed by atoms with Crippen molar-refractivity contribution in [2.24, 2.45) is 16.8 Å². The summed E-state index contributed by atoms with van der Waals surface area (Å²) in [4.78, 5) is 30.7. The van der Waals surface area contributed by atoms with Crippen LogP contribution < -0.4 is 21.1 Å². The van der Waals surface area contributed by atoms with Gasteiger partial charge in [0.2, 0.25) is 11.9 Å². The van der Waals surface area contributed by atoms with Crippen LogP contribution >= 0.6 is 11.6 Å². The molecule has 7 nitrogen and oxygen atoms in total. The zero-order valence-corrected chi connectivity index (χ0v) is 14.5. The van der Waals surface area contributed by atoms with Crippen LogP contribution in [0.4, 0.5) is 17.1 Å². The molecule has 8 heteroatoms. The molecule has 0 saturated heterocycles. The maximum Gasteiger partial charge on any atom is 0.254 e. The summed E-state index contributed by atoms with van der Waals surface area (Å²) in [6, 6.07) is 14.4. The van der Waals surface area contributed by atoms with Gasteiger partial charge >= 0.3 is 0 Å². The smallest absolute Gasteiger partial charge is 0.254 e. The molecule has 0 spiro atoms. The van der Waals surface area contributed by atoms with Gasteiger partial charge in [0.05, 0.1) is 17.3 Å². The van der Waals surface area contributed by atoms with E-state index in [4.69, 9.17) is 17.4 Å². The molecule has 0 fully saturated rings. The Labute approximate surface area is 155 Å². The summed E-state index contributed by atoms with van der Waals surface area (Å²) < 4.78 is 0. The van der Waals surface area contributed by atoms with E-state index < -0.39 is 5.92 Å². The van der Waals surface area contributed by atoms with Gasteiger partial charge in [-0.05, 0) is 36.4 Å². The van der Waals surface area contributed by atoms with Gasteiger partial charge in [0.1, 0.15) is 0 Å². The molecule has 1 atom stereocenters. The zero-order valence-electron chi connectivity index (χ0n) is 13.7. The van der Waals surface area contributed by atoms with Gasteiger partial charge in [-0.25, -0.2) is 10.9 Å². The highest BCUT2D eigenvalue weighted by Gasteiger charge is 2.39. The number of halogens is 1. The van der Waals surface area contributed by atoms with Crippen molar-refractivity contribution < 1.29 is 9.59 Å². The Morgan fingerprint density at radius 1 is 1.19 bits per heavy atom. The number of fused-ring (bicyclic) bond motifs is 3. The van der Waals surface area contributed by atoms with Gasteiger partial charge in [0, 0.05) is 23.7 Å². The molecule has 0 radical (unpaired) electrons. The van der Waals surface area contributed by atoms with E-state index in [2.05, 4.69) is 10.3 Å². The van der Waals surface area contributed by atoms with Crippen LogP contribution in [-0.2, 0) is 9.59 Å². The lowest BCUT2D eigenvalue weighted by Gasteiger charge is -2.28. The van der Waals surface area contributed by atoms with E-state index in [1.54, 1.807) is 24.3 Å². The Morgan fingerprint density at radius 3 is 2.62 bits per heavy atom. The van der Waals surface area contributed by atoms with E-state index in [0.717, 1.165) is 11.4 Å². The number of hydrogen-bond donors (Lipinski definition) is 2. The van der Waals surface area contributed by atoms with Crippen LogP contribution in [0.5, 0.6) is 0 Å². The number of hydrogen-bond acceptors (Lipinski definition) is 5. The van der Waals surface area contributed by atoms with Crippen LogP contribution in [0, 0.1) is 5.92 Å². The van der Waals surface area contributed by atoms with Crippen molar-refractivity contribution in [1.82, 2.24) is 0 Å². The molecule has 132 valence electrons. The minimum Gasteiger partial charge on any atom is -0.326 e. The SMILES string of the molecule is NN1C2=NC(=O)C(CC(=O)Nc3ccc(Cl)cc3)CN2c2ccccc21. The minimum absolute atomic E-state index is 0.0431. The van der Waals surface area contributed by atoms with Gasteiger partial charge in [-0.2, -0.15) is 4.99 Å². The number of para-hydroxylation sites is 2. The highest BCUT2D eigenvalue weighted by molar-refractivity contribution is 6.30. The van der Waals surface area contributed by atoms with Crippen LogP contribution in [0.25, 0.3) is 0 Å². The maximum atomic E-state index is 12.4. The fourth-order valence-electron chi connectivity index (χ4n) is 3.15. The van der Waals surface area contributed by atoms with E-state index in [0.29, 0.717) is 23.2 Å². The molecule has 2 aliphatic rings. The zero-order chi connectivity index (χ0) is 18.3. The fourth-order valence-corrected chi connectivity index (χ4v) is 3.27. The normalized spacial score (nSPS) is 18.3. The fraction of sp³-hybridized carbons (Fsp3) is 0.167. The Morgan fingerprint density at radius 2 is 1.88 bits per heavy atom. The molecule has 4 rings (SSSR count). The summed E-state index contributed by atoms with van der Waals surface area (Å²) in [6.07, 6.45) is 0.0431. The molecular formula is C18H16ClN5O2. The lowest BCUT2D eigenvalue weighted by molar-refractivity contribution is -0.126. The van der Waals surface area contributed by atoms with Gasteiger partial charge in [-0.15, -0.1) is 0 Å². The summed E-state index contributed by atoms with van der Waals surface area (Å²) in [6.45, 7) is 0.358. The molecule has 2 aliphatic heterocycles. The molecule has 0 bridgehead atoms. The number of amides is 2. The first-order valence-electron chi connectivity index (χ1n) is 8.12. The number of nitrogens with two attached hydrogens (primary N) is 1. The average Bonchev–Trinajstić information content (AvgIpc) is 2.90. The predicted molar refractivity (Wildman–Crippen MR) is 101 cm³/mol. The number of carbonyl (C=O) groups is 2. The molecule has 0 aromatic heterocycles. The minimum atomic E-state index is -0.536. The monoisotopic (exact) mass is 369 g/mol. The van der Waals surface area contributed by atoms with Crippen molar-refractivity contribution in [3.8, 4) is 0 Å². The predicted octanol–water partition coefficient (Wildman–Crippen LogP) is 2.38. The third-order valence-electron chi connectivity index (χ3n) is 4.41. The second kappa shape index (κ2) is 6.44. The summed E-state index contributed by atoms with van der Waals surface area (Å²) in [5.74, 6) is 5.31. The number of benzene rings is 2. The van der Waals surface area contributed by atoms with Gasteiger partial charge in [-0.3, -0.25) is 9.59 Å². The average molecular weight is 370 g/mol. The second-order valence-corrected chi connectivity index (χ2v) is 6.61. The Balaban J connectivity index is 1.49. The summed E-state index contributed by atoms with van der Waals surface area (Å²) in [5.41, 5.74) is 2.29. The topological polar surface area (TPSA) is 91.0 Å². The number of hydrazine groups is 1. The number of guanidine groups is 1. The van der Waals surface area contributed by atoms with Gasteiger partial charge < -0.3 is 10.2 Å². The maximum absolute atomic E-state index is 12.4. The van der Waals surface area contributed by atoms with Crippen molar-refractivity contribution in [2.75, 3.05) is 21.8 Å². The number of nitrogens with zero attached hydrogens (tertiary/aromatic N) is 3. The molecule has 0 aliphatic carbocycles. The van der Waals surface area contributed by atoms with Crippen LogP contribution in [0.1, 0.15) is 6.42 Å². The summed E-state index contributed by atoms with van der Waals surface area (Å²) in [5, 5.41) is 4.76. The van der Waals surface area contributed by atoms with Gasteiger partial charge in [-0.1, -0.05) is 23.7 Å². The standard InChI is InChI=1S/C18H16ClN5O2/c19-12-5-7-13(8-6-12)21-16(25)9-11-10-23-14-3-1-2-4-15(14)24(20)18(23)22-17(11)26/h1-8,11H,9-10,20H2,(H,21,25). The van der Waals surface area contributed by atoms with Crippen LogP contribution in [-0.4, -0.2) is 24.3 Å². The Hall–Kier alpha value is -2.90. The van der Waals surface area contributed by atoms with Crippen molar-refractivity contribution >= 4 is 46.4 Å². The number of anilines is 3. The van der Waals surface area contributed by atoms with Crippen molar-refractivity contribution in [2.45, 2.75) is 6.42 Å². The Bertz CT molecular complexity index is 912. The summed E-state index contributed by atoms with van der Waals surface area (Å²) in [7, 11) is 0. The molecular weight excluding hydrogens is 354 g/mol. The van der Waals surface area contributed by atoms with E-state index in [1.165, 1.54) is 5.01 Å². The molecule has 2 heterocycles. The number of aliphatic imine (C=N–C) groups is 1. The Kier molecular flexibility index (Phi) is 4.10. The molecule has 2 aromatic carbocycles. The molecule has 0 saturated carbocycles. The third-order valence-corrected chi connectivity index (χ3v) is 4.66. The van der Waals surface area contributed by atoms with Crippen LogP contribution in [0.15, 0.2) is 53.5 Å². The van der Waals surface area contributed by atoms with Crippen molar-refractivity contribution in [3.05, 3.63) is 53.6 Å². The van der Waals surface area contributed by atoms with E-state index in [9.17, 15) is 9.59 Å². The quantitative estimate of drug-likeness (QED) is 0.810. The summed E-state index contributed by atoms with van der Waals surface area (Å²) >= 11 is 5.84. The van der Waals surface area contributed by atoms with Crippen molar-refractivity contribution in [1.29, 1.82) is 0 Å². The van der Waals surface area contributed by atoms with Gasteiger partial charge in [0.15, 0.2) is 0 Å². The first-order valence-corrected chi connectivity index (χ1v) is 8.50. The lowest BCUT2D eigenvalue weighted by Crippen LogP contribution is -2.49.